The molecule has 1 unspecified atom stereocenters. The number of hydrogen-bond acceptors (Lipinski definition) is 3. The van der Waals surface area contributed by atoms with E-state index in [9.17, 15) is 4.39 Å². The molecule has 0 amide bonds. The summed E-state index contributed by atoms with van der Waals surface area (Å²) in [5.74, 6) is -0.197. The molecule has 2 aromatic rings. The lowest BCUT2D eigenvalue weighted by molar-refractivity contribution is 0.454. The van der Waals surface area contributed by atoms with Gasteiger partial charge in [0.05, 0.1) is 11.7 Å². The molecule has 4 heteroatoms. The molecule has 0 saturated heterocycles. The molecule has 0 saturated carbocycles. The van der Waals surface area contributed by atoms with Crippen LogP contribution in [0.5, 0.6) is 0 Å². The predicted octanol–water partition coefficient (Wildman–Crippen LogP) is 4.33. The number of thiazole rings is 1. The number of nitrogens with one attached hydrogen (secondary N) is 1. The van der Waals surface area contributed by atoms with Gasteiger partial charge >= 0.3 is 0 Å². The molecule has 0 aliphatic heterocycles. The minimum absolute atomic E-state index is 0.197. The lowest BCUT2D eigenvalue weighted by atomic mass is 9.97. The third-order valence-corrected chi connectivity index (χ3v) is 4.87. The average molecular weight is 290 g/mol. The summed E-state index contributed by atoms with van der Waals surface area (Å²) in [6.07, 6.45) is 4.65. The van der Waals surface area contributed by atoms with Crippen molar-refractivity contribution in [3.05, 3.63) is 40.7 Å². The first kappa shape index (κ1) is 13.7. The van der Waals surface area contributed by atoms with E-state index in [2.05, 4.69) is 12.2 Å². The Bertz CT molecular complexity index is 577. The zero-order valence-electron chi connectivity index (χ0n) is 11.7. The Morgan fingerprint density at radius 1 is 1.35 bits per heavy atom. The van der Waals surface area contributed by atoms with Gasteiger partial charge in [0.2, 0.25) is 0 Å². The highest BCUT2D eigenvalue weighted by molar-refractivity contribution is 7.15. The van der Waals surface area contributed by atoms with Gasteiger partial charge in [0, 0.05) is 10.4 Å². The number of halogens is 1. The SMILES string of the molecule is CCCNC1CCCc2sc(-c3ccc(F)cc3)nc21. The summed E-state index contributed by atoms with van der Waals surface area (Å²) >= 11 is 1.76. The van der Waals surface area contributed by atoms with E-state index in [0.29, 0.717) is 6.04 Å². The molecule has 1 aliphatic carbocycles. The Morgan fingerprint density at radius 2 is 2.15 bits per heavy atom. The molecule has 1 aromatic carbocycles. The summed E-state index contributed by atoms with van der Waals surface area (Å²) in [5, 5.41) is 4.60. The third kappa shape index (κ3) is 2.76. The van der Waals surface area contributed by atoms with Crippen LogP contribution < -0.4 is 5.32 Å². The molecule has 0 radical (unpaired) electrons. The standard InChI is InChI=1S/C16H19FN2S/c1-2-10-18-13-4-3-5-14-15(13)19-16(20-14)11-6-8-12(17)9-7-11/h6-9,13,18H,2-5,10H2,1H3. The second-order valence-corrected chi connectivity index (χ2v) is 6.32. The third-order valence-electron chi connectivity index (χ3n) is 3.69. The summed E-state index contributed by atoms with van der Waals surface area (Å²) < 4.78 is 13.0. The molecule has 106 valence electrons. The predicted molar refractivity (Wildman–Crippen MR) is 81.5 cm³/mol. The van der Waals surface area contributed by atoms with Crippen molar-refractivity contribution in [2.24, 2.45) is 0 Å². The zero-order chi connectivity index (χ0) is 13.9. The number of benzene rings is 1. The molecular weight excluding hydrogens is 271 g/mol. The van der Waals surface area contributed by atoms with Gasteiger partial charge in [-0.05, 0) is 56.5 Å². The highest BCUT2D eigenvalue weighted by atomic mass is 32.1. The van der Waals surface area contributed by atoms with Crippen molar-refractivity contribution in [2.75, 3.05) is 6.54 Å². The van der Waals surface area contributed by atoms with Crippen LogP contribution in [0.3, 0.4) is 0 Å². The summed E-state index contributed by atoms with van der Waals surface area (Å²) in [5.41, 5.74) is 2.23. The Hall–Kier alpha value is -1.26. The molecule has 1 N–H and O–H groups in total. The summed E-state index contributed by atoms with van der Waals surface area (Å²) in [6, 6.07) is 7.02. The van der Waals surface area contributed by atoms with Crippen molar-refractivity contribution in [3.63, 3.8) is 0 Å². The fraction of sp³-hybridized carbons (Fsp3) is 0.438. The number of aryl methyl sites for hydroxylation is 1. The smallest absolute Gasteiger partial charge is 0.123 e. The maximum atomic E-state index is 13.0. The fourth-order valence-corrected chi connectivity index (χ4v) is 3.82. The maximum Gasteiger partial charge on any atom is 0.123 e. The van der Waals surface area contributed by atoms with E-state index in [1.54, 1.807) is 11.3 Å². The highest BCUT2D eigenvalue weighted by Gasteiger charge is 2.24. The van der Waals surface area contributed by atoms with Gasteiger partial charge in [0.25, 0.3) is 0 Å². The van der Waals surface area contributed by atoms with Gasteiger partial charge in [-0.3, -0.25) is 0 Å². The fourth-order valence-electron chi connectivity index (χ4n) is 2.65. The lowest BCUT2D eigenvalue weighted by Gasteiger charge is -2.22. The number of nitrogens with zero attached hydrogens (tertiary/aromatic N) is 1. The first-order valence-corrected chi connectivity index (χ1v) is 8.08. The Balaban J connectivity index is 1.88. The van der Waals surface area contributed by atoms with E-state index in [1.807, 2.05) is 12.1 Å². The van der Waals surface area contributed by atoms with E-state index in [1.165, 1.54) is 35.5 Å². The van der Waals surface area contributed by atoms with Crippen molar-refractivity contribution in [3.8, 4) is 10.6 Å². The topological polar surface area (TPSA) is 24.9 Å². The second kappa shape index (κ2) is 6.02. The van der Waals surface area contributed by atoms with Gasteiger partial charge in [0.15, 0.2) is 0 Å². The first-order chi connectivity index (χ1) is 9.78. The maximum absolute atomic E-state index is 13.0. The van der Waals surface area contributed by atoms with Crippen molar-refractivity contribution >= 4 is 11.3 Å². The normalized spacial score (nSPS) is 18.0. The number of rotatable bonds is 4. The van der Waals surface area contributed by atoms with Crippen LogP contribution >= 0.6 is 11.3 Å². The van der Waals surface area contributed by atoms with Gasteiger partial charge < -0.3 is 5.32 Å². The highest BCUT2D eigenvalue weighted by Crippen LogP contribution is 2.37. The van der Waals surface area contributed by atoms with Crippen LogP contribution in [-0.2, 0) is 6.42 Å². The Labute approximate surface area is 123 Å². The number of hydrogen-bond donors (Lipinski definition) is 1. The summed E-state index contributed by atoms with van der Waals surface area (Å²) in [4.78, 5) is 6.21. The molecule has 0 fully saturated rings. The molecule has 1 atom stereocenters. The summed E-state index contributed by atoms with van der Waals surface area (Å²) in [6.45, 7) is 3.22. The van der Waals surface area contributed by atoms with E-state index in [0.717, 1.165) is 30.0 Å². The van der Waals surface area contributed by atoms with Crippen LogP contribution in [-0.4, -0.2) is 11.5 Å². The van der Waals surface area contributed by atoms with Gasteiger partial charge in [-0.2, -0.15) is 0 Å². The van der Waals surface area contributed by atoms with Crippen LogP contribution in [0.1, 0.15) is 42.8 Å². The average Bonchev–Trinajstić information content (AvgIpc) is 2.90. The van der Waals surface area contributed by atoms with E-state index in [-0.39, 0.29) is 5.82 Å². The van der Waals surface area contributed by atoms with E-state index in [4.69, 9.17) is 4.98 Å². The van der Waals surface area contributed by atoms with Crippen molar-refractivity contribution in [1.29, 1.82) is 0 Å². The van der Waals surface area contributed by atoms with Crippen molar-refractivity contribution < 1.29 is 4.39 Å². The lowest BCUT2D eigenvalue weighted by Crippen LogP contribution is -2.25. The largest absolute Gasteiger partial charge is 0.309 e. The molecule has 20 heavy (non-hydrogen) atoms. The van der Waals surface area contributed by atoms with Crippen molar-refractivity contribution in [2.45, 2.75) is 38.6 Å². The minimum Gasteiger partial charge on any atom is -0.309 e. The molecule has 3 rings (SSSR count). The van der Waals surface area contributed by atoms with E-state index >= 15 is 0 Å². The van der Waals surface area contributed by atoms with Gasteiger partial charge in [0.1, 0.15) is 10.8 Å². The molecule has 1 heterocycles. The van der Waals surface area contributed by atoms with Gasteiger partial charge in [-0.1, -0.05) is 6.92 Å². The quantitative estimate of drug-likeness (QED) is 0.906. The number of aromatic nitrogens is 1. The second-order valence-electron chi connectivity index (χ2n) is 5.23. The molecule has 1 aromatic heterocycles. The zero-order valence-corrected chi connectivity index (χ0v) is 12.5. The molecular formula is C16H19FN2S. The van der Waals surface area contributed by atoms with Crippen LogP contribution in [0.4, 0.5) is 4.39 Å². The van der Waals surface area contributed by atoms with E-state index < -0.39 is 0 Å². The van der Waals surface area contributed by atoms with Crippen LogP contribution in [0.15, 0.2) is 24.3 Å². The molecule has 1 aliphatic rings. The molecule has 2 nitrogen and oxygen atoms in total. The monoisotopic (exact) mass is 290 g/mol. The van der Waals surface area contributed by atoms with Gasteiger partial charge in [-0.25, -0.2) is 9.37 Å². The Kier molecular flexibility index (Phi) is 4.13. The van der Waals surface area contributed by atoms with Crippen LogP contribution in [0, 0.1) is 5.82 Å². The van der Waals surface area contributed by atoms with Crippen LogP contribution in [0.2, 0.25) is 0 Å². The Morgan fingerprint density at radius 3 is 2.90 bits per heavy atom. The van der Waals surface area contributed by atoms with Crippen LogP contribution in [0.25, 0.3) is 10.6 Å². The summed E-state index contributed by atoms with van der Waals surface area (Å²) in [7, 11) is 0. The van der Waals surface area contributed by atoms with Crippen molar-refractivity contribution in [1.82, 2.24) is 10.3 Å². The molecule has 0 spiro atoms. The first-order valence-electron chi connectivity index (χ1n) is 7.27. The number of fused-ring (bicyclic) bond motifs is 1. The minimum atomic E-state index is -0.197. The van der Waals surface area contributed by atoms with Gasteiger partial charge in [-0.15, -0.1) is 11.3 Å². The molecule has 0 bridgehead atoms.